The van der Waals surface area contributed by atoms with Crippen molar-refractivity contribution in [2.75, 3.05) is 17.4 Å². The predicted molar refractivity (Wildman–Crippen MR) is 92.7 cm³/mol. The van der Waals surface area contributed by atoms with E-state index in [0.29, 0.717) is 17.2 Å². The number of fused-ring (bicyclic) bond motifs is 2. The van der Waals surface area contributed by atoms with E-state index in [0.717, 1.165) is 18.5 Å². The molecular formula is C19H20N2O3. The highest BCUT2D eigenvalue weighted by Crippen LogP contribution is 2.34. The van der Waals surface area contributed by atoms with Crippen molar-refractivity contribution in [3.63, 3.8) is 0 Å². The zero-order chi connectivity index (χ0) is 16.5. The van der Waals surface area contributed by atoms with Gasteiger partial charge in [-0.1, -0.05) is 6.07 Å². The molecule has 124 valence electrons. The predicted octanol–water partition coefficient (Wildman–Crippen LogP) is 3.34. The average molecular weight is 324 g/mol. The Kier molecular flexibility index (Phi) is 3.76. The van der Waals surface area contributed by atoms with Crippen molar-refractivity contribution in [3.05, 3.63) is 47.5 Å². The number of amides is 1. The number of rotatable bonds is 4. The van der Waals surface area contributed by atoms with Gasteiger partial charge in [0.05, 0.1) is 0 Å². The lowest BCUT2D eigenvalue weighted by Crippen LogP contribution is -2.31. The van der Waals surface area contributed by atoms with Crippen LogP contribution in [0.2, 0.25) is 0 Å². The number of benzene rings is 2. The van der Waals surface area contributed by atoms with Crippen molar-refractivity contribution in [3.8, 4) is 11.5 Å². The Morgan fingerprint density at radius 3 is 2.71 bits per heavy atom. The van der Waals surface area contributed by atoms with Crippen LogP contribution in [0, 0.1) is 0 Å². The van der Waals surface area contributed by atoms with Gasteiger partial charge in [-0.15, -0.1) is 0 Å². The summed E-state index contributed by atoms with van der Waals surface area (Å²) in [6.45, 7) is 2.08. The molecule has 1 aliphatic heterocycles. The maximum Gasteiger partial charge on any atom is 0.246 e. The van der Waals surface area contributed by atoms with E-state index in [-0.39, 0.29) is 18.7 Å². The summed E-state index contributed by atoms with van der Waals surface area (Å²) < 4.78 is 10.6. The summed E-state index contributed by atoms with van der Waals surface area (Å²) in [5, 5.41) is 6.18. The molecule has 0 saturated carbocycles. The Morgan fingerprint density at radius 1 is 1.00 bits per heavy atom. The molecule has 0 saturated heterocycles. The molecule has 1 amide bonds. The fraction of sp³-hybridized carbons (Fsp3) is 0.316. The van der Waals surface area contributed by atoms with Gasteiger partial charge in [0.25, 0.3) is 0 Å². The van der Waals surface area contributed by atoms with E-state index in [4.69, 9.17) is 9.47 Å². The van der Waals surface area contributed by atoms with Crippen molar-refractivity contribution in [2.45, 2.75) is 32.2 Å². The van der Waals surface area contributed by atoms with Gasteiger partial charge in [-0.25, -0.2) is 0 Å². The van der Waals surface area contributed by atoms with Gasteiger partial charge in [-0.3, -0.25) is 4.79 Å². The molecular weight excluding hydrogens is 304 g/mol. The van der Waals surface area contributed by atoms with Crippen LogP contribution in [0.5, 0.6) is 11.5 Å². The van der Waals surface area contributed by atoms with Gasteiger partial charge in [-0.05, 0) is 61.6 Å². The highest BCUT2D eigenvalue weighted by atomic mass is 16.7. The van der Waals surface area contributed by atoms with Gasteiger partial charge in [-0.2, -0.15) is 0 Å². The Bertz CT molecular complexity index is 788. The van der Waals surface area contributed by atoms with Gasteiger partial charge in [0.15, 0.2) is 11.5 Å². The fourth-order valence-corrected chi connectivity index (χ4v) is 3.20. The normalized spacial score (nSPS) is 15.7. The first-order valence-electron chi connectivity index (χ1n) is 8.28. The van der Waals surface area contributed by atoms with E-state index in [1.54, 1.807) is 12.1 Å². The summed E-state index contributed by atoms with van der Waals surface area (Å²) in [6.07, 6.45) is 3.51. The molecule has 2 aromatic carbocycles. The molecule has 24 heavy (non-hydrogen) atoms. The maximum atomic E-state index is 12.4. The summed E-state index contributed by atoms with van der Waals surface area (Å²) in [5.41, 5.74) is 4.51. The van der Waals surface area contributed by atoms with Crippen LogP contribution in [0.25, 0.3) is 0 Å². The van der Waals surface area contributed by atoms with Crippen molar-refractivity contribution in [2.24, 2.45) is 0 Å². The molecule has 2 aromatic rings. The lowest BCUT2D eigenvalue weighted by atomic mass is 10.1. The molecule has 1 unspecified atom stereocenters. The van der Waals surface area contributed by atoms with Gasteiger partial charge >= 0.3 is 0 Å². The highest BCUT2D eigenvalue weighted by molar-refractivity contribution is 5.96. The Labute approximate surface area is 141 Å². The van der Waals surface area contributed by atoms with Crippen LogP contribution < -0.4 is 20.1 Å². The zero-order valence-corrected chi connectivity index (χ0v) is 13.6. The van der Waals surface area contributed by atoms with Gasteiger partial charge < -0.3 is 20.1 Å². The largest absolute Gasteiger partial charge is 0.454 e. The molecule has 1 atom stereocenters. The van der Waals surface area contributed by atoms with Gasteiger partial charge in [0, 0.05) is 17.4 Å². The van der Waals surface area contributed by atoms with E-state index in [2.05, 4.69) is 28.8 Å². The molecule has 0 bridgehead atoms. The molecule has 5 nitrogen and oxygen atoms in total. The summed E-state index contributed by atoms with van der Waals surface area (Å²) in [6, 6.07) is 11.4. The number of nitrogens with one attached hydrogen (secondary N) is 2. The Balaban J connectivity index is 1.41. The van der Waals surface area contributed by atoms with Gasteiger partial charge in [0.1, 0.15) is 6.04 Å². The third-order valence-electron chi connectivity index (χ3n) is 4.52. The van der Waals surface area contributed by atoms with Crippen LogP contribution >= 0.6 is 0 Å². The number of aryl methyl sites for hydroxylation is 2. The smallest absolute Gasteiger partial charge is 0.246 e. The third-order valence-corrected chi connectivity index (χ3v) is 4.52. The number of carbonyl (C=O) groups is 1. The van der Waals surface area contributed by atoms with Crippen LogP contribution in [0.15, 0.2) is 36.4 Å². The molecule has 0 radical (unpaired) electrons. The third kappa shape index (κ3) is 2.89. The SMILES string of the molecule is CC(Nc1ccc2c(c1)CCC2)C(=O)Nc1ccc2c(c1)OCO2. The molecule has 0 aromatic heterocycles. The maximum absolute atomic E-state index is 12.4. The van der Waals surface area contributed by atoms with Crippen LogP contribution in [0.3, 0.4) is 0 Å². The van der Waals surface area contributed by atoms with Gasteiger partial charge in [0.2, 0.25) is 12.7 Å². The van der Waals surface area contributed by atoms with Crippen molar-refractivity contribution in [1.29, 1.82) is 0 Å². The first-order chi connectivity index (χ1) is 11.7. The molecule has 1 aliphatic carbocycles. The van der Waals surface area contributed by atoms with Crippen LogP contribution in [0.4, 0.5) is 11.4 Å². The molecule has 0 spiro atoms. The van der Waals surface area contributed by atoms with Crippen molar-refractivity contribution < 1.29 is 14.3 Å². The molecule has 1 heterocycles. The topological polar surface area (TPSA) is 59.6 Å². The Hall–Kier alpha value is -2.69. The molecule has 2 N–H and O–H groups in total. The van der Waals surface area contributed by atoms with Crippen molar-refractivity contribution in [1.82, 2.24) is 0 Å². The minimum Gasteiger partial charge on any atom is -0.454 e. The zero-order valence-electron chi connectivity index (χ0n) is 13.6. The molecule has 5 heteroatoms. The number of ether oxygens (including phenoxy) is 2. The monoisotopic (exact) mass is 324 g/mol. The second kappa shape index (κ2) is 6.07. The number of anilines is 2. The van der Waals surface area contributed by atoms with Crippen LogP contribution in [-0.4, -0.2) is 18.7 Å². The summed E-state index contributed by atoms with van der Waals surface area (Å²) in [5.74, 6) is 1.28. The molecule has 4 rings (SSSR count). The first-order valence-corrected chi connectivity index (χ1v) is 8.28. The lowest BCUT2D eigenvalue weighted by molar-refractivity contribution is -0.116. The second-order valence-electron chi connectivity index (χ2n) is 6.26. The highest BCUT2D eigenvalue weighted by Gasteiger charge is 2.17. The summed E-state index contributed by atoms with van der Waals surface area (Å²) in [7, 11) is 0. The number of carbonyl (C=O) groups excluding carboxylic acids is 1. The van der Waals surface area contributed by atoms with Crippen molar-refractivity contribution >= 4 is 17.3 Å². The minimum absolute atomic E-state index is 0.0886. The Morgan fingerprint density at radius 2 is 1.79 bits per heavy atom. The van der Waals surface area contributed by atoms with E-state index in [9.17, 15) is 4.79 Å². The van der Waals surface area contributed by atoms with E-state index in [1.165, 1.54) is 17.5 Å². The average Bonchev–Trinajstić information content (AvgIpc) is 3.22. The number of hydrogen-bond acceptors (Lipinski definition) is 4. The number of hydrogen-bond donors (Lipinski definition) is 2. The van der Waals surface area contributed by atoms with E-state index in [1.807, 2.05) is 13.0 Å². The second-order valence-corrected chi connectivity index (χ2v) is 6.26. The van der Waals surface area contributed by atoms with Crippen LogP contribution in [0.1, 0.15) is 24.5 Å². The fourth-order valence-electron chi connectivity index (χ4n) is 3.20. The first kappa shape index (κ1) is 14.9. The van der Waals surface area contributed by atoms with E-state index >= 15 is 0 Å². The quantitative estimate of drug-likeness (QED) is 0.905. The lowest BCUT2D eigenvalue weighted by Gasteiger charge is -2.16. The summed E-state index contributed by atoms with van der Waals surface area (Å²) >= 11 is 0. The van der Waals surface area contributed by atoms with E-state index < -0.39 is 0 Å². The standard InChI is InChI=1S/C19H20N2O3/c1-12(20-15-6-5-13-3-2-4-14(13)9-15)19(22)21-16-7-8-17-18(10-16)24-11-23-17/h5-10,12,20H,2-4,11H2,1H3,(H,21,22). The summed E-state index contributed by atoms with van der Waals surface area (Å²) in [4.78, 5) is 12.4. The van der Waals surface area contributed by atoms with Crippen LogP contribution in [-0.2, 0) is 17.6 Å². The minimum atomic E-state index is -0.338. The molecule has 0 fully saturated rings. The molecule has 2 aliphatic rings.